The maximum atomic E-state index is 13.6. The second-order valence-electron chi connectivity index (χ2n) is 6.18. The smallest absolute Gasteiger partial charge is 0.329 e. The first-order chi connectivity index (χ1) is 10.9. The van der Waals surface area contributed by atoms with Gasteiger partial charge in [-0.15, -0.1) is 0 Å². The van der Waals surface area contributed by atoms with Crippen molar-refractivity contribution in [3.05, 3.63) is 35.4 Å². The van der Waals surface area contributed by atoms with Crippen molar-refractivity contribution in [2.24, 2.45) is 5.92 Å². The lowest BCUT2D eigenvalue weighted by Gasteiger charge is -2.37. The molecule has 23 heavy (non-hydrogen) atoms. The van der Waals surface area contributed by atoms with Crippen molar-refractivity contribution in [3.8, 4) is 0 Å². The molecule has 1 aromatic rings. The molecular formula is C17H21F2NO3. The number of nitrogens with one attached hydrogen (secondary N) is 1. The summed E-state index contributed by atoms with van der Waals surface area (Å²) in [5, 5.41) is 12.1. The van der Waals surface area contributed by atoms with E-state index in [4.69, 9.17) is 0 Å². The molecule has 0 spiro atoms. The summed E-state index contributed by atoms with van der Waals surface area (Å²) in [5.41, 5.74) is -1.38. The van der Waals surface area contributed by atoms with Gasteiger partial charge in [-0.3, -0.25) is 4.79 Å². The second kappa shape index (κ2) is 7.06. The SMILES string of the molecule is CCC1CCC(NC(=O)Cc2cccc(F)c2F)(C(=O)O)CC1. The van der Waals surface area contributed by atoms with E-state index in [1.807, 2.05) is 0 Å². The van der Waals surface area contributed by atoms with Crippen LogP contribution in [0.5, 0.6) is 0 Å². The average Bonchev–Trinajstić information content (AvgIpc) is 2.52. The Morgan fingerprint density at radius 1 is 1.30 bits per heavy atom. The van der Waals surface area contributed by atoms with Gasteiger partial charge in [0.05, 0.1) is 6.42 Å². The van der Waals surface area contributed by atoms with Crippen LogP contribution in [0.3, 0.4) is 0 Å². The van der Waals surface area contributed by atoms with Crippen LogP contribution in [0, 0.1) is 17.6 Å². The molecule has 0 aliphatic heterocycles. The van der Waals surface area contributed by atoms with E-state index >= 15 is 0 Å². The topological polar surface area (TPSA) is 66.4 Å². The molecule has 126 valence electrons. The minimum atomic E-state index is -1.30. The van der Waals surface area contributed by atoms with Crippen LogP contribution >= 0.6 is 0 Å². The van der Waals surface area contributed by atoms with Crippen LogP contribution in [0.15, 0.2) is 18.2 Å². The number of benzene rings is 1. The molecule has 0 saturated heterocycles. The Kier molecular flexibility index (Phi) is 5.34. The first kappa shape index (κ1) is 17.4. The molecule has 1 fully saturated rings. The lowest BCUT2D eigenvalue weighted by atomic mass is 9.75. The van der Waals surface area contributed by atoms with Crippen molar-refractivity contribution in [3.63, 3.8) is 0 Å². The number of halogens is 2. The third-order valence-electron chi connectivity index (χ3n) is 4.71. The van der Waals surface area contributed by atoms with Gasteiger partial charge in [0.1, 0.15) is 5.54 Å². The highest BCUT2D eigenvalue weighted by Gasteiger charge is 2.42. The van der Waals surface area contributed by atoms with E-state index < -0.39 is 29.0 Å². The minimum absolute atomic E-state index is 0.0784. The quantitative estimate of drug-likeness (QED) is 0.874. The minimum Gasteiger partial charge on any atom is -0.480 e. The summed E-state index contributed by atoms with van der Waals surface area (Å²) in [6.45, 7) is 2.06. The number of carboxylic acid groups (broad SMARTS) is 1. The Morgan fingerprint density at radius 2 is 1.96 bits per heavy atom. The van der Waals surface area contributed by atoms with Gasteiger partial charge in [-0.2, -0.15) is 0 Å². The Bertz CT molecular complexity index is 596. The highest BCUT2D eigenvalue weighted by Crippen LogP contribution is 2.34. The van der Waals surface area contributed by atoms with Gasteiger partial charge in [0, 0.05) is 5.56 Å². The maximum absolute atomic E-state index is 13.6. The predicted octanol–water partition coefficient (Wildman–Crippen LogP) is 3.05. The van der Waals surface area contributed by atoms with Crippen molar-refractivity contribution in [1.29, 1.82) is 0 Å². The molecule has 0 atom stereocenters. The van der Waals surface area contributed by atoms with Crippen LogP contribution in [0.4, 0.5) is 8.78 Å². The monoisotopic (exact) mass is 325 g/mol. The summed E-state index contributed by atoms with van der Waals surface area (Å²) >= 11 is 0. The zero-order valence-corrected chi connectivity index (χ0v) is 13.1. The van der Waals surface area contributed by atoms with E-state index in [0.29, 0.717) is 18.8 Å². The fourth-order valence-corrected chi connectivity index (χ4v) is 3.14. The third kappa shape index (κ3) is 3.86. The van der Waals surface area contributed by atoms with Crippen LogP contribution < -0.4 is 5.32 Å². The summed E-state index contributed by atoms with van der Waals surface area (Å²) in [6.07, 6.45) is 2.79. The maximum Gasteiger partial charge on any atom is 0.329 e. The molecule has 2 rings (SSSR count). The van der Waals surface area contributed by atoms with Gasteiger partial charge in [0.2, 0.25) is 5.91 Å². The largest absolute Gasteiger partial charge is 0.480 e. The van der Waals surface area contributed by atoms with Gasteiger partial charge >= 0.3 is 5.97 Å². The van der Waals surface area contributed by atoms with E-state index in [0.717, 1.165) is 25.3 Å². The zero-order chi connectivity index (χ0) is 17.0. The molecule has 2 N–H and O–H groups in total. The number of hydrogen-bond donors (Lipinski definition) is 2. The summed E-state index contributed by atoms with van der Waals surface area (Å²) in [5.74, 6) is -3.29. The standard InChI is InChI=1S/C17H21F2NO3/c1-2-11-6-8-17(9-7-11,16(22)23)20-14(21)10-12-4-3-5-13(18)15(12)19/h3-5,11H,2,6-10H2,1H3,(H,20,21)(H,22,23). The second-order valence-corrected chi connectivity index (χ2v) is 6.18. The molecule has 0 bridgehead atoms. The van der Waals surface area contributed by atoms with Crippen molar-refractivity contribution in [1.82, 2.24) is 5.32 Å². The fourth-order valence-electron chi connectivity index (χ4n) is 3.14. The molecule has 0 unspecified atom stereocenters. The number of carbonyl (C=O) groups excluding carboxylic acids is 1. The lowest BCUT2D eigenvalue weighted by molar-refractivity contribution is -0.149. The molecule has 1 aliphatic carbocycles. The number of rotatable bonds is 5. The number of amides is 1. The predicted molar refractivity (Wildman–Crippen MR) is 80.8 cm³/mol. The molecule has 1 aliphatic rings. The van der Waals surface area contributed by atoms with Gasteiger partial charge in [-0.1, -0.05) is 25.5 Å². The van der Waals surface area contributed by atoms with Crippen LogP contribution in [0.2, 0.25) is 0 Å². The van der Waals surface area contributed by atoms with Gasteiger partial charge in [-0.25, -0.2) is 13.6 Å². The molecular weight excluding hydrogens is 304 g/mol. The molecule has 4 nitrogen and oxygen atoms in total. The van der Waals surface area contributed by atoms with Crippen LogP contribution in [0.1, 0.15) is 44.6 Å². The van der Waals surface area contributed by atoms with E-state index in [2.05, 4.69) is 12.2 Å². The van der Waals surface area contributed by atoms with Gasteiger partial charge in [-0.05, 0) is 37.7 Å². The number of hydrogen-bond acceptors (Lipinski definition) is 2. The Hall–Kier alpha value is -1.98. The Balaban J connectivity index is 2.07. The van der Waals surface area contributed by atoms with E-state index in [-0.39, 0.29) is 12.0 Å². The van der Waals surface area contributed by atoms with Gasteiger partial charge in [0.15, 0.2) is 11.6 Å². The molecule has 6 heteroatoms. The van der Waals surface area contributed by atoms with Gasteiger partial charge < -0.3 is 10.4 Å². The Morgan fingerprint density at radius 3 is 2.52 bits per heavy atom. The molecule has 0 radical (unpaired) electrons. The van der Waals surface area contributed by atoms with E-state index in [1.165, 1.54) is 12.1 Å². The van der Waals surface area contributed by atoms with Crippen molar-refractivity contribution in [2.45, 2.75) is 51.0 Å². The van der Waals surface area contributed by atoms with Crippen LogP contribution in [-0.2, 0) is 16.0 Å². The molecule has 1 saturated carbocycles. The summed E-state index contributed by atoms with van der Waals surface area (Å²) in [4.78, 5) is 23.8. The molecule has 0 aromatic heterocycles. The van der Waals surface area contributed by atoms with Crippen molar-refractivity contribution < 1.29 is 23.5 Å². The number of carbonyl (C=O) groups is 2. The van der Waals surface area contributed by atoms with Crippen molar-refractivity contribution in [2.75, 3.05) is 0 Å². The van der Waals surface area contributed by atoms with E-state index in [9.17, 15) is 23.5 Å². The summed E-state index contributed by atoms with van der Waals surface area (Å²) in [6, 6.07) is 3.61. The van der Waals surface area contributed by atoms with E-state index in [1.54, 1.807) is 0 Å². The lowest BCUT2D eigenvalue weighted by Crippen LogP contribution is -2.56. The van der Waals surface area contributed by atoms with Gasteiger partial charge in [0.25, 0.3) is 0 Å². The average molecular weight is 325 g/mol. The molecule has 1 aromatic carbocycles. The summed E-state index contributed by atoms with van der Waals surface area (Å²) in [7, 11) is 0. The normalized spacial score (nSPS) is 24.2. The zero-order valence-electron chi connectivity index (χ0n) is 13.1. The number of aliphatic carboxylic acids is 1. The highest BCUT2D eigenvalue weighted by atomic mass is 19.2. The van der Waals surface area contributed by atoms with Crippen LogP contribution in [-0.4, -0.2) is 22.5 Å². The fraction of sp³-hybridized carbons (Fsp3) is 0.529. The summed E-state index contributed by atoms with van der Waals surface area (Å²) < 4.78 is 26.8. The number of carboxylic acids is 1. The van der Waals surface area contributed by atoms with Crippen LogP contribution in [0.25, 0.3) is 0 Å². The third-order valence-corrected chi connectivity index (χ3v) is 4.71. The van der Waals surface area contributed by atoms with Crippen molar-refractivity contribution >= 4 is 11.9 Å². The highest BCUT2D eigenvalue weighted by molar-refractivity contribution is 5.88. The first-order valence-electron chi connectivity index (χ1n) is 7.85. The Labute approximate surface area is 133 Å². The molecule has 0 heterocycles. The first-order valence-corrected chi connectivity index (χ1v) is 7.85. The molecule has 1 amide bonds.